The summed E-state index contributed by atoms with van der Waals surface area (Å²) in [4.78, 5) is 30.5. The van der Waals surface area contributed by atoms with E-state index in [4.69, 9.17) is 0 Å². The zero-order valence-electron chi connectivity index (χ0n) is 14.0. The molecule has 0 radical (unpaired) electrons. The van der Waals surface area contributed by atoms with Gasteiger partial charge in [-0.1, -0.05) is 0 Å². The van der Waals surface area contributed by atoms with Crippen LogP contribution in [0.3, 0.4) is 0 Å². The summed E-state index contributed by atoms with van der Waals surface area (Å²) in [6, 6.07) is 8.00. The van der Waals surface area contributed by atoms with Gasteiger partial charge in [-0.25, -0.2) is 0 Å². The van der Waals surface area contributed by atoms with Crippen LogP contribution in [0.5, 0.6) is 0 Å². The number of anilines is 1. The first-order chi connectivity index (χ1) is 11.1. The van der Waals surface area contributed by atoms with E-state index < -0.39 is 0 Å². The molecule has 5 nitrogen and oxygen atoms in total. The molecule has 2 aliphatic heterocycles. The number of hydrogen-bond donors (Lipinski definition) is 0. The maximum Gasteiger partial charge on any atom is 0.253 e. The quantitative estimate of drug-likeness (QED) is 0.857. The Morgan fingerprint density at radius 3 is 2.17 bits per heavy atom. The summed E-state index contributed by atoms with van der Waals surface area (Å²) in [5.74, 6) is 0.265. The van der Waals surface area contributed by atoms with Crippen molar-refractivity contribution >= 4 is 17.5 Å². The first kappa shape index (κ1) is 16.0. The van der Waals surface area contributed by atoms with Crippen molar-refractivity contribution in [3.8, 4) is 0 Å². The van der Waals surface area contributed by atoms with E-state index in [0.29, 0.717) is 18.0 Å². The third-order valence-corrected chi connectivity index (χ3v) is 4.83. The van der Waals surface area contributed by atoms with Gasteiger partial charge < -0.3 is 9.80 Å². The second kappa shape index (κ2) is 6.71. The average Bonchev–Trinajstić information content (AvgIpc) is 3.00. The van der Waals surface area contributed by atoms with E-state index in [-0.39, 0.29) is 11.8 Å². The van der Waals surface area contributed by atoms with E-state index >= 15 is 0 Å². The summed E-state index contributed by atoms with van der Waals surface area (Å²) in [7, 11) is 0. The molecule has 2 amide bonds. The Balaban J connectivity index is 1.63. The number of benzene rings is 1. The van der Waals surface area contributed by atoms with Gasteiger partial charge in [0.15, 0.2) is 0 Å². The highest BCUT2D eigenvalue weighted by molar-refractivity contribution is 5.97. The van der Waals surface area contributed by atoms with Crippen molar-refractivity contribution in [2.75, 3.05) is 37.6 Å². The third-order valence-electron chi connectivity index (χ3n) is 4.83. The van der Waals surface area contributed by atoms with Crippen LogP contribution >= 0.6 is 0 Å². The predicted molar refractivity (Wildman–Crippen MR) is 90.6 cm³/mol. The molecule has 124 valence electrons. The summed E-state index contributed by atoms with van der Waals surface area (Å²) in [6.07, 6.45) is 1.54. The van der Waals surface area contributed by atoms with Gasteiger partial charge in [0.25, 0.3) is 5.91 Å². The highest BCUT2D eigenvalue weighted by Gasteiger charge is 2.24. The first-order valence-electron chi connectivity index (χ1n) is 8.50. The normalized spacial score (nSPS) is 19.7. The second-order valence-electron chi connectivity index (χ2n) is 6.62. The molecule has 2 heterocycles. The zero-order chi connectivity index (χ0) is 16.4. The molecule has 0 unspecified atom stereocenters. The van der Waals surface area contributed by atoms with Gasteiger partial charge >= 0.3 is 0 Å². The van der Waals surface area contributed by atoms with E-state index in [1.54, 1.807) is 4.90 Å². The fourth-order valence-electron chi connectivity index (χ4n) is 3.33. The lowest BCUT2D eigenvalue weighted by molar-refractivity contribution is -0.117. The van der Waals surface area contributed by atoms with E-state index in [9.17, 15) is 9.59 Å². The Morgan fingerprint density at radius 1 is 1.00 bits per heavy atom. The van der Waals surface area contributed by atoms with Gasteiger partial charge in [-0.2, -0.15) is 0 Å². The molecule has 0 N–H and O–H groups in total. The maximum atomic E-state index is 12.6. The van der Waals surface area contributed by atoms with Crippen LogP contribution in [0.25, 0.3) is 0 Å². The van der Waals surface area contributed by atoms with Gasteiger partial charge in [0.1, 0.15) is 0 Å². The maximum absolute atomic E-state index is 12.6. The summed E-state index contributed by atoms with van der Waals surface area (Å²) in [5.41, 5.74) is 1.60. The van der Waals surface area contributed by atoms with Gasteiger partial charge in [-0.3, -0.25) is 14.5 Å². The third kappa shape index (κ3) is 3.39. The van der Waals surface area contributed by atoms with Gasteiger partial charge in [-0.05, 0) is 44.5 Å². The monoisotopic (exact) mass is 315 g/mol. The molecule has 2 aliphatic rings. The van der Waals surface area contributed by atoms with Crippen LogP contribution < -0.4 is 4.90 Å². The van der Waals surface area contributed by atoms with Crippen LogP contribution in [-0.2, 0) is 4.79 Å². The predicted octanol–water partition coefficient (Wildman–Crippen LogP) is 1.98. The SMILES string of the molecule is CC(C)N1CCN(C(=O)c2ccc(N3CCCC3=O)cc2)CC1. The zero-order valence-corrected chi connectivity index (χ0v) is 14.0. The van der Waals surface area contributed by atoms with Crippen molar-refractivity contribution < 1.29 is 9.59 Å². The van der Waals surface area contributed by atoms with Crippen molar-refractivity contribution in [3.05, 3.63) is 29.8 Å². The number of amides is 2. The molecule has 0 atom stereocenters. The van der Waals surface area contributed by atoms with Gasteiger partial charge in [-0.15, -0.1) is 0 Å². The molecule has 0 bridgehead atoms. The minimum absolute atomic E-state index is 0.0905. The van der Waals surface area contributed by atoms with Crippen molar-refractivity contribution in [2.24, 2.45) is 0 Å². The molecule has 5 heteroatoms. The van der Waals surface area contributed by atoms with E-state index in [1.807, 2.05) is 29.2 Å². The van der Waals surface area contributed by atoms with Crippen molar-refractivity contribution in [1.82, 2.24) is 9.80 Å². The number of hydrogen-bond acceptors (Lipinski definition) is 3. The number of piperazine rings is 1. The molecule has 2 fully saturated rings. The highest BCUT2D eigenvalue weighted by Crippen LogP contribution is 2.22. The highest BCUT2D eigenvalue weighted by atomic mass is 16.2. The van der Waals surface area contributed by atoms with Crippen molar-refractivity contribution in [1.29, 1.82) is 0 Å². The topological polar surface area (TPSA) is 43.9 Å². The van der Waals surface area contributed by atoms with Crippen LogP contribution in [-0.4, -0.2) is 60.4 Å². The molecular formula is C18H25N3O2. The minimum Gasteiger partial charge on any atom is -0.336 e. The molecule has 0 saturated carbocycles. The lowest BCUT2D eigenvalue weighted by Gasteiger charge is -2.37. The molecule has 0 aliphatic carbocycles. The summed E-state index contributed by atoms with van der Waals surface area (Å²) >= 11 is 0. The number of nitrogens with zero attached hydrogens (tertiary/aromatic N) is 3. The minimum atomic E-state index is 0.0905. The van der Waals surface area contributed by atoms with Gasteiger partial charge in [0, 0.05) is 56.4 Å². The largest absolute Gasteiger partial charge is 0.336 e. The number of rotatable bonds is 3. The Bertz CT molecular complexity index is 574. The van der Waals surface area contributed by atoms with E-state index in [1.165, 1.54) is 0 Å². The first-order valence-corrected chi connectivity index (χ1v) is 8.50. The standard InChI is InChI=1S/C18H25N3O2/c1-14(2)19-10-12-20(13-11-19)18(23)15-5-7-16(8-6-15)21-9-3-4-17(21)22/h5-8,14H,3-4,9-13H2,1-2H3. The summed E-state index contributed by atoms with van der Waals surface area (Å²) in [5, 5.41) is 0. The smallest absolute Gasteiger partial charge is 0.253 e. The molecule has 3 rings (SSSR count). The molecular weight excluding hydrogens is 290 g/mol. The molecule has 1 aromatic rings. The molecule has 0 spiro atoms. The summed E-state index contributed by atoms with van der Waals surface area (Å²) < 4.78 is 0. The molecule has 2 saturated heterocycles. The van der Waals surface area contributed by atoms with Crippen molar-refractivity contribution in [3.63, 3.8) is 0 Å². The number of carbonyl (C=O) groups excluding carboxylic acids is 2. The Hall–Kier alpha value is -1.88. The fraction of sp³-hybridized carbons (Fsp3) is 0.556. The molecule has 23 heavy (non-hydrogen) atoms. The van der Waals surface area contributed by atoms with Crippen LogP contribution in [0.2, 0.25) is 0 Å². The Labute approximate surface area is 137 Å². The fourth-order valence-corrected chi connectivity index (χ4v) is 3.33. The van der Waals surface area contributed by atoms with Crippen molar-refractivity contribution in [2.45, 2.75) is 32.7 Å². The van der Waals surface area contributed by atoms with Gasteiger partial charge in [0.05, 0.1) is 0 Å². The van der Waals surface area contributed by atoms with Crippen LogP contribution in [0.1, 0.15) is 37.0 Å². The molecule has 1 aromatic carbocycles. The lowest BCUT2D eigenvalue weighted by atomic mass is 10.1. The van der Waals surface area contributed by atoms with E-state index in [2.05, 4.69) is 18.7 Å². The van der Waals surface area contributed by atoms with Crippen LogP contribution in [0, 0.1) is 0 Å². The second-order valence-corrected chi connectivity index (χ2v) is 6.62. The molecule has 0 aromatic heterocycles. The lowest BCUT2D eigenvalue weighted by Crippen LogP contribution is -2.50. The van der Waals surface area contributed by atoms with Crippen LogP contribution in [0.4, 0.5) is 5.69 Å². The average molecular weight is 315 g/mol. The van der Waals surface area contributed by atoms with Gasteiger partial charge in [0.2, 0.25) is 5.91 Å². The van der Waals surface area contributed by atoms with E-state index in [0.717, 1.165) is 44.8 Å². The van der Waals surface area contributed by atoms with Crippen LogP contribution in [0.15, 0.2) is 24.3 Å². The Morgan fingerprint density at radius 2 is 1.65 bits per heavy atom. The number of carbonyl (C=O) groups is 2. The Kier molecular flexibility index (Phi) is 4.66. The summed E-state index contributed by atoms with van der Waals surface area (Å²) in [6.45, 7) is 8.59.